The van der Waals surface area contributed by atoms with Gasteiger partial charge in [0, 0.05) is 18.8 Å². The van der Waals surface area contributed by atoms with Crippen LogP contribution in [0.4, 0.5) is 5.69 Å². The molecule has 3 nitrogen and oxygen atoms in total. The summed E-state index contributed by atoms with van der Waals surface area (Å²) in [5.41, 5.74) is 7.40. The zero-order valence-electron chi connectivity index (χ0n) is 10.8. The summed E-state index contributed by atoms with van der Waals surface area (Å²) in [6, 6.07) is 7.55. The van der Waals surface area contributed by atoms with Crippen molar-refractivity contribution in [2.75, 3.05) is 18.8 Å². The van der Waals surface area contributed by atoms with E-state index in [9.17, 15) is 4.79 Å². The maximum Gasteiger partial charge on any atom is 0.226 e. The van der Waals surface area contributed by atoms with Crippen LogP contribution in [0.25, 0.3) is 0 Å². The number of nitrogens with two attached hydrogens (primary N) is 1. The minimum absolute atomic E-state index is 0. The van der Waals surface area contributed by atoms with Gasteiger partial charge in [-0.3, -0.25) is 4.79 Å². The van der Waals surface area contributed by atoms with Crippen molar-refractivity contribution in [2.24, 2.45) is 5.92 Å². The van der Waals surface area contributed by atoms with E-state index in [0.29, 0.717) is 6.42 Å². The number of carbonyl (C=O) groups is 1. The summed E-state index contributed by atoms with van der Waals surface area (Å²) in [6.07, 6.45) is 3.05. The zero-order valence-corrected chi connectivity index (χ0v) is 11.6. The highest BCUT2D eigenvalue weighted by atomic mass is 35.5. The molecule has 0 unspecified atom stereocenters. The van der Waals surface area contributed by atoms with E-state index < -0.39 is 0 Å². The predicted molar refractivity (Wildman–Crippen MR) is 76.8 cm³/mol. The molecule has 2 N–H and O–H groups in total. The molecule has 1 aliphatic carbocycles. The van der Waals surface area contributed by atoms with E-state index in [1.807, 2.05) is 36.1 Å². The van der Waals surface area contributed by atoms with Crippen LogP contribution in [0.1, 0.15) is 25.3 Å². The molecule has 18 heavy (non-hydrogen) atoms. The number of hydrogen-bond donors (Lipinski definition) is 1. The molecule has 100 valence electrons. The molecule has 0 atom stereocenters. The molecule has 2 rings (SSSR count). The first-order valence-electron chi connectivity index (χ1n) is 6.31. The fraction of sp³-hybridized carbons (Fsp3) is 0.500. The Morgan fingerprint density at radius 1 is 1.33 bits per heavy atom. The van der Waals surface area contributed by atoms with Crippen molar-refractivity contribution in [3.05, 3.63) is 29.8 Å². The molecule has 1 saturated carbocycles. The molecule has 0 heterocycles. The van der Waals surface area contributed by atoms with Crippen LogP contribution in [0, 0.1) is 5.92 Å². The van der Waals surface area contributed by atoms with E-state index in [1.165, 1.54) is 12.8 Å². The molecular weight excluding hydrogens is 248 g/mol. The van der Waals surface area contributed by atoms with Crippen LogP contribution < -0.4 is 5.73 Å². The average Bonchev–Trinajstić information content (AvgIpc) is 3.13. The lowest BCUT2D eigenvalue weighted by molar-refractivity contribution is -0.130. The van der Waals surface area contributed by atoms with E-state index >= 15 is 0 Å². The standard InChI is InChI=1S/C14H20N2O.ClH/c1-2-16(10-12-3-4-12)14(17)9-11-5-7-13(15)8-6-11;/h5-8,12H,2-4,9-10,15H2,1H3;1H. The van der Waals surface area contributed by atoms with Gasteiger partial charge in [0.25, 0.3) is 0 Å². The fourth-order valence-corrected chi connectivity index (χ4v) is 1.94. The van der Waals surface area contributed by atoms with Crippen LogP contribution in [-0.4, -0.2) is 23.9 Å². The quantitative estimate of drug-likeness (QED) is 0.834. The first-order chi connectivity index (χ1) is 8.19. The molecule has 0 bridgehead atoms. The third-order valence-electron chi connectivity index (χ3n) is 3.25. The number of hydrogen-bond acceptors (Lipinski definition) is 2. The number of rotatable bonds is 5. The normalized spacial score (nSPS) is 13.8. The Balaban J connectivity index is 0.00000162. The number of nitrogens with zero attached hydrogens (tertiary/aromatic N) is 1. The Morgan fingerprint density at radius 2 is 1.94 bits per heavy atom. The summed E-state index contributed by atoms with van der Waals surface area (Å²) in [7, 11) is 0. The number of carbonyl (C=O) groups excluding carboxylic acids is 1. The summed E-state index contributed by atoms with van der Waals surface area (Å²) in [4.78, 5) is 14.1. The van der Waals surface area contributed by atoms with Crippen molar-refractivity contribution in [3.8, 4) is 0 Å². The van der Waals surface area contributed by atoms with Crippen molar-refractivity contribution in [1.29, 1.82) is 0 Å². The van der Waals surface area contributed by atoms with Crippen molar-refractivity contribution in [3.63, 3.8) is 0 Å². The lowest BCUT2D eigenvalue weighted by Crippen LogP contribution is -2.33. The van der Waals surface area contributed by atoms with E-state index in [0.717, 1.165) is 30.3 Å². The highest BCUT2D eigenvalue weighted by molar-refractivity contribution is 5.85. The van der Waals surface area contributed by atoms with Crippen molar-refractivity contribution >= 4 is 24.0 Å². The number of likely N-dealkylation sites (N-methyl/N-ethyl adjacent to an activating group) is 1. The Bertz CT molecular complexity index is 387. The van der Waals surface area contributed by atoms with Crippen molar-refractivity contribution in [1.82, 2.24) is 4.90 Å². The van der Waals surface area contributed by atoms with Crippen LogP contribution >= 0.6 is 12.4 Å². The number of benzene rings is 1. The molecule has 1 aromatic rings. The van der Waals surface area contributed by atoms with E-state index in [4.69, 9.17) is 5.73 Å². The molecule has 4 heteroatoms. The molecule has 0 aliphatic heterocycles. The largest absolute Gasteiger partial charge is 0.399 e. The lowest BCUT2D eigenvalue weighted by atomic mass is 10.1. The van der Waals surface area contributed by atoms with E-state index in [1.54, 1.807) is 0 Å². The topological polar surface area (TPSA) is 46.3 Å². The van der Waals surface area contributed by atoms with Crippen LogP contribution in [0.3, 0.4) is 0 Å². The maximum atomic E-state index is 12.1. The lowest BCUT2D eigenvalue weighted by Gasteiger charge is -2.20. The highest BCUT2D eigenvalue weighted by Gasteiger charge is 2.25. The molecule has 0 saturated heterocycles. The van der Waals surface area contributed by atoms with Gasteiger partial charge in [-0.15, -0.1) is 12.4 Å². The number of amides is 1. The second-order valence-corrected chi connectivity index (χ2v) is 4.79. The molecular formula is C14H21ClN2O. The molecule has 0 aromatic heterocycles. The van der Waals surface area contributed by atoms with Gasteiger partial charge in [-0.2, -0.15) is 0 Å². The highest BCUT2D eigenvalue weighted by Crippen LogP contribution is 2.29. The molecule has 1 amide bonds. The Kier molecular flexibility index (Phi) is 5.48. The van der Waals surface area contributed by atoms with Crippen LogP contribution in [0.2, 0.25) is 0 Å². The van der Waals surface area contributed by atoms with Crippen LogP contribution in [0.15, 0.2) is 24.3 Å². The Hall–Kier alpha value is -1.22. The molecule has 1 fully saturated rings. The van der Waals surface area contributed by atoms with Gasteiger partial charge in [0.1, 0.15) is 0 Å². The number of anilines is 1. The van der Waals surface area contributed by atoms with Gasteiger partial charge in [0.2, 0.25) is 5.91 Å². The second kappa shape index (κ2) is 6.64. The molecule has 0 spiro atoms. The van der Waals surface area contributed by atoms with Gasteiger partial charge in [-0.1, -0.05) is 12.1 Å². The third kappa shape index (κ3) is 4.22. The minimum atomic E-state index is 0. The summed E-state index contributed by atoms with van der Waals surface area (Å²) in [5.74, 6) is 0.981. The van der Waals surface area contributed by atoms with Gasteiger partial charge < -0.3 is 10.6 Å². The van der Waals surface area contributed by atoms with E-state index in [2.05, 4.69) is 0 Å². The van der Waals surface area contributed by atoms with Gasteiger partial charge in [0.15, 0.2) is 0 Å². The Labute approximate surface area is 115 Å². The Morgan fingerprint density at radius 3 is 2.44 bits per heavy atom. The van der Waals surface area contributed by atoms with Crippen molar-refractivity contribution in [2.45, 2.75) is 26.2 Å². The molecule has 1 aliphatic rings. The molecule has 0 radical (unpaired) electrons. The predicted octanol–water partition coefficient (Wildman–Crippen LogP) is 2.49. The van der Waals surface area contributed by atoms with Gasteiger partial charge in [-0.25, -0.2) is 0 Å². The summed E-state index contributed by atoms with van der Waals surface area (Å²) in [5, 5.41) is 0. The summed E-state index contributed by atoms with van der Waals surface area (Å²) < 4.78 is 0. The molecule has 1 aromatic carbocycles. The average molecular weight is 269 g/mol. The smallest absolute Gasteiger partial charge is 0.226 e. The van der Waals surface area contributed by atoms with E-state index in [-0.39, 0.29) is 18.3 Å². The van der Waals surface area contributed by atoms with Gasteiger partial charge >= 0.3 is 0 Å². The second-order valence-electron chi connectivity index (χ2n) is 4.79. The van der Waals surface area contributed by atoms with Gasteiger partial charge in [0.05, 0.1) is 6.42 Å². The van der Waals surface area contributed by atoms with Crippen LogP contribution in [-0.2, 0) is 11.2 Å². The zero-order chi connectivity index (χ0) is 12.3. The van der Waals surface area contributed by atoms with Crippen molar-refractivity contribution < 1.29 is 4.79 Å². The number of nitrogen functional groups attached to an aromatic ring is 1. The van der Waals surface area contributed by atoms with Gasteiger partial charge in [-0.05, 0) is 43.4 Å². The summed E-state index contributed by atoms with van der Waals surface area (Å²) in [6.45, 7) is 3.79. The third-order valence-corrected chi connectivity index (χ3v) is 3.25. The minimum Gasteiger partial charge on any atom is -0.399 e. The monoisotopic (exact) mass is 268 g/mol. The number of halogens is 1. The summed E-state index contributed by atoms with van der Waals surface area (Å²) >= 11 is 0. The first-order valence-corrected chi connectivity index (χ1v) is 6.31. The SMILES string of the molecule is CCN(CC1CC1)C(=O)Cc1ccc(N)cc1.Cl. The van der Waals surface area contributed by atoms with Crippen LogP contribution in [0.5, 0.6) is 0 Å². The first kappa shape index (κ1) is 14.8. The fourth-order valence-electron chi connectivity index (χ4n) is 1.94. The maximum absolute atomic E-state index is 12.1.